The number of carbonyl (C=O) groups excluding carboxylic acids is 2. The van der Waals surface area contributed by atoms with Gasteiger partial charge in [-0.3, -0.25) is 9.59 Å². The molecule has 1 aromatic rings. The van der Waals surface area contributed by atoms with Gasteiger partial charge in [-0.05, 0) is 24.1 Å². The molecule has 2 fully saturated rings. The highest BCUT2D eigenvalue weighted by atomic mass is 35.5. The van der Waals surface area contributed by atoms with E-state index in [2.05, 4.69) is 10.6 Å². The van der Waals surface area contributed by atoms with E-state index in [4.69, 9.17) is 27.9 Å². The quantitative estimate of drug-likeness (QED) is 0.794. The number of ether oxygens (including phenoxy) is 1. The number of rotatable bonds is 5. The Morgan fingerprint density at radius 3 is 2.92 bits per heavy atom. The van der Waals surface area contributed by atoms with Crippen molar-refractivity contribution in [1.29, 1.82) is 0 Å². The van der Waals surface area contributed by atoms with Crippen LogP contribution >= 0.6 is 23.2 Å². The number of likely N-dealkylation sites (tertiary alicyclic amines) is 1. The average molecular weight is 400 g/mol. The summed E-state index contributed by atoms with van der Waals surface area (Å²) in [6.45, 7) is 3.29. The Hall–Kier alpha value is -1.34. The summed E-state index contributed by atoms with van der Waals surface area (Å²) >= 11 is 12.2. The minimum absolute atomic E-state index is 0.0490. The van der Waals surface area contributed by atoms with E-state index in [0.717, 1.165) is 18.5 Å². The molecule has 8 heteroatoms. The molecule has 2 aliphatic heterocycles. The minimum Gasteiger partial charge on any atom is -0.372 e. The van der Waals surface area contributed by atoms with Crippen molar-refractivity contribution < 1.29 is 14.3 Å². The highest BCUT2D eigenvalue weighted by Gasteiger charge is 2.28. The first-order valence-corrected chi connectivity index (χ1v) is 9.62. The van der Waals surface area contributed by atoms with E-state index in [1.807, 2.05) is 12.1 Å². The maximum absolute atomic E-state index is 12.2. The van der Waals surface area contributed by atoms with Crippen molar-refractivity contribution in [3.8, 4) is 0 Å². The number of halogens is 2. The summed E-state index contributed by atoms with van der Waals surface area (Å²) in [6, 6.07) is 5.48. The summed E-state index contributed by atoms with van der Waals surface area (Å²) in [5.41, 5.74) is 0.942. The van der Waals surface area contributed by atoms with Gasteiger partial charge in [0.2, 0.25) is 11.8 Å². The fourth-order valence-electron chi connectivity index (χ4n) is 3.37. The van der Waals surface area contributed by atoms with Crippen LogP contribution in [0.5, 0.6) is 0 Å². The topological polar surface area (TPSA) is 70.7 Å². The van der Waals surface area contributed by atoms with Gasteiger partial charge < -0.3 is 20.3 Å². The normalized spacial score (nSPS) is 23.8. The number of hydrogen-bond donors (Lipinski definition) is 2. The van der Waals surface area contributed by atoms with Gasteiger partial charge in [0.1, 0.15) is 0 Å². The number of benzene rings is 1. The molecular formula is C18H23Cl2N3O3. The van der Waals surface area contributed by atoms with E-state index in [1.54, 1.807) is 11.0 Å². The van der Waals surface area contributed by atoms with E-state index in [0.29, 0.717) is 42.7 Å². The molecule has 0 aliphatic carbocycles. The molecule has 0 unspecified atom stereocenters. The molecule has 0 bridgehead atoms. The Bertz CT molecular complexity index is 671. The fourth-order valence-corrected chi connectivity index (χ4v) is 3.68. The maximum Gasteiger partial charge on any atom is 0.239 e. The SMILES string of the molecule is O=C(CN1CCCC1=O)NC[C@@H]1CNCCO[C@H]1c1ccc(Cl)c(Cl)c1. The van der Waals surface area contributed by atoms with Crippen molar-refractivity contribution in [2.45, 2.75) is 18.9 Å². The average Bonchev–Trinajstić information content (AvgIpc) is 2.88. The molecule has 142 valence electrons. The molecule has 2 N–H and O–H groups in total. The Labute approximate surface area is 163 Å². The second kappa shape index (κ2) is 9.04. The number of nitrogens with zero attached hydrogens (tertiary/aromatic N) is 1. The number of amides is 2. The van der Waals surface area contributed by atoms with Gasteiger partial charge in [-0.25, -0.2) is 0 Å². The van der Waals surface area contributed by atoms with Crippen LogP contribution in [0.15, 0.2) is 18.2 Å². The second-order valence-corrected chi connectivity index (χ2v) is 7.47. The van der Waals surface area contributed by atoms with E-state index in [9.17, 15) is 9.59 Å². The number of nitrogens with one attached hydrogen (secondary N) is 2. The predicted molar refractivity (Wildman–Crippen MR) is 100 cm³/mol. The summed E-state index contributed by atoms with van der Waals surface area (Å²) in [7, 11) is 0. The molecule has 0 spiro atoms. The smallest absolute Gasteiger partial charge is 0.239 e. The Morgan fingerprint density at radius 1 is 1.35 bits per heavy atom. The molecule has 26 heavy (non-hydrogen) atoms. The van der Waals surface area contributed by atoms with Crippen LogP contribution < -0.4 is 10.6 Å². The third-order valence-corrected chi connectivity index (χ3v) is 5.49. The summed E-state index contributed by atoms with van der Waals surface area (Å²) in [6.07, 6.45) is 1.17. The summed E-state index contributed by atoms with van der Waals surface area (Å²) < 4.78 is 6.00. The molecule has 2 amide bonds. The molecule has 3 rings (SSSR count). The highest BCUT2D eigenvalue weighted by molar-refractivity contribution is 6.42. The van der Waals surface area contributed by atoms with Crippen LogP contribution in [0.25, 0.3) is 0 Å². The molecule has 1 aromatic carbocycles. The number of carbonyl (C=O) groups is 2. The highest BCUT2D eigenvalue weighted by Crippen LogP contribution is 2.31. The monoisotopic (exact) mass is 399 g/mol. The van der Waals surface area contributed by atoms with Crippen molar-refractivity contribution >= 4 is 35.0 Å². The standard InChI is InChI=1S/C18H23Cl2N3O3/c19-14-4-3-12(8-15(14)20)18-13(9-21-5-7-26-18)10-22-16(24)11-23-6-1-2-17(23)25/h3-4,8,13,18,21H,1-2,5-7,9-11H2,(H,22,24)/t13-,18-/m0/s1. The van der Waals surface area contributed by atoms with Gasteiger partial charge in [0.05, 0.1) is 29.3 Å². The van der Waals surface area contributed by atoms with Crippen LogP contribution in [0.2, 0.25) is 10.0 Å². The van der Waals surface area contributed by atoms with Crippen molar-refractivity contribution in [3.63, 3.8) is 0 Å². The molecule has 2 atom stereocenters. The molecule has 0 aromatic heterocycles. The van der Waals surface area contributed by atoms with Crippen LogP contribution in [-0.4, -0.2) is 56.0 Å². The van der Waals surface area contributed by atoms with Gasteiger partial charge in [0.25, 0.3) is 0 Å². The fraction of sp³-hybridized carbons (Fsp3) is 0.556. The van der Waals surface area contributed by atoms with E-state index in [-0.39, 0.29) is 30.4 Å². The molecule has 2 aliphatic rings. The minimum atomic E-state index is -0.187. The first-order chi connectivity index (χ1) is 12.5. The largest absolute Gasteiger partial charge is 0.372 e. The summed E-state index contributed by atoms with van der Waals surface area (Å²) in [5, 5.41) is 7.26. The molecule has 0 radical (unpaired) electrons. The first-order valence-electron chi connectivity index (χ1n) is 8.86. The summed E-state index contributed by atoms with van der Waals surface area (Å²) in [4.78, 5) is 25.5. The van der Waals surface area contributed by atoms with Gasteiger partial charge in [0.15, 0.2) is 0 Å². The third kappa shape index (κ3) is 4.88. The predicted octanol–water partition coefficient (Wildman–Crippen LogP) is 2.01. The lowest BCUT2D eigenvalue weighted by atomic mass is 9.95. The van der Waals surface area contributed by atoms with Crippen LogP contribution in [-0.2, 0) is 14.3 Å². The van der Waals surface area contributed by atoms with Gasteiger partial charge in [-0.1, -0.05) is 29.3 Å². The van der Waals surface area contributed by atoms with Gasteiger partial charge in [0, 0.05) is 38.5 Å². The molecule has 6 nitrogen and oxygen atoms in total. The lowest BCUT2D eigenvalue weighted by Gasteiger charge is -2.26. The first kappa shape index (κ1) is 19.4. The molecule has 2 heterocycles. The van der Waals surface area contributed by atoms with Gasteiger partial charge in [-0.2, -0.15) is 0 Å². The zero-order valence-electron chi connectivity index (χ0n) is 14.5. The second-order valence-electron chi connectivity index (χ2n) is 6.65. The van der Waals surface area contributed by atoms with Crippen LogP contribution in [0.3, 0.4) is 0 Å². The van der Waals surface area contributed by atoms with Crippen molar-refractivity contribution in [2.75, 3.05) is 39.3 Å². The van der Waals surface area contributed by atoms with Gasteiger partial charge in [-0.15, -0.1) is 0 Å². The van der Waals surface area contributed by atoms with E-state index < -0.39 is 0 Å². The van der Waals surface area contributed by atoms with Crippen molar-refractivity contribution in [2.24, 2.45) is 5.92 Å². The Morgan fingerprint density at radius 2 is 2.19 bits per heavy atom. The molecule has 2 saturated heterocycles. The van der Waals surface area contributed by atoms with Crippen LogP contribution in [0.4, 0.5) is 0 Å². The third-order valence-electron chi connectivity index (χ3n) is 4.75. The van der Waals surface area contributed by atoms with Gasteiger partial charge >= 0.3 is 0 Å². The maximum atomic E-state index is 12.2. The summed E-state index contributed by atoms with van der Waals surface area (Å²) in [5.74, 6) is -0.0429. The van der Waals surface area contributed by atoms with E-state index >= 15 is 0 Å². The van der Waals surface area contributed by atoms with E-state index in [1.165, 1.54) is 0 Å². The Kier molecular flexibility index (Phi) is 6.75. The number of hydrogen-bond acceptors (Lipinski definition) is 4. The molecular weight excluding hydrogens is 377 g/mol. The van der Waals surface area contributed by atoms with Crippen molar-refractivity contribution in [1.82, 2.24) is 15.5 Å². The zero-order valence-corrected chi connectivity index (χ0v) is 16.0. The van der Waals surface area contributed by atoms with Crippen molar-refractivity contribution in [3.05, 3.63) is 33.8 Å². The van der Waals surface area contributed by atoms with Crippen LogP contribution in [0, 0.1) is 5.92 Å². The Balaban J connectivity index is 1.62. The lowest BCUT2D eigenvalue weighted by Crippen LogP contribution is -2.42. The van der Waals surface area contributed by atoms with Crippen LogP contribution in [0.1, 0.15) is 24.5 Å². The lowest BCUT2D eigenvalue weighted by molar-refractivity contribution is -0.133. The molecule has 0 saturated carbocycles. The zero-order chi connectivity index (χ0) is 18.5.